The van der Waals surface area contributed by atoms with Crippen LogP contribution in [0.1, 0.15) is 11.4 Å². The van der Waals surface area contributed by atoms with Crippen LogP contribution in [0.15, 0.2) is 53.5 Å². The van der Waals surface area contributed by atoms with Crippen LogP contribution in [0.25, 0.3) is 11.3 Å². The maximum absolute atomic E-state index is 14.2. The van der Waals surface area contributed by atoms with Crippen LogP contribution in [0.2, 0.25) is 0 Å². The van der Waals surface area contributed by atoms with Crippen LogP contribution in [0, 0.1) is 4.78 Å². The normalized spacial score (nSPS) is 22.0. The fourth-order valence-electron chi connectivity index (χ4n) is 2.78. The van der Waals surface area contributed by atoms with E-state index in [1.165, 1.54) is 55.9 Å². The van der Waals surface area contributed by atoms with E-state index in [0.29, 0.717) is 0 Å². The second kappa shape index (κ2) is 7.17. The minimum absolute atomic E-state index is 0.0524. The van der Waals surface area contributed by atoms with Gasteiger partial charge < -0.3 is 4.74 Å². The molecule has 0 spiro atoms. The van der Waals surface area contributed by atoms with Crippen LogP contribution in [-0.4, -0.2) is 39.6 Å². The lowest BCUT2D eigenvalue weighted by atomic mass is 10.0. The molecular formula is C18H17F4N3O2S. The van der Waals surface area contributed by atoms with E-state index >= 15 is 0 Å². The van der Waals surface area contributed by atoms with E-state index in [0.717, 1.165) is 10.7 Å². The highest BCUT2D eigenvalue weighted by Crippen LogP contribution is 2.33. The van der Waals surface area contributed by atoms with Gasteiger partial charge in [-0.05, 0) is 42.0 Å². The van der Waals surface area contributed by atoms with Crippen LogP contribution in [-0.2, 0) is 20.6 Å². The molecule has 0 bridgehead atoms. The Morgan fingerprint density at radius 2 is 1.89 bits per heavy atom. The Balaban J connectivity index is 2.11. The maximum atomic E-state index is 14.2. The third-order valence-electron chi connectivity index (χ3n) is 4.22. The summed E-state index contributed by atoms with van der Waals surface area (Å²) in [5.41, 5.74) is -0.578. The standard InChI is InChI=1S/C18H17F4N3O2S/c1-27-16-8-3-11(9-14(16)19)15-10-17(18(20,21)22)24-25(15)12-4-6-13(7-5-12)28(2,23)26/h3-10,14,16,23H,1-2H3. The lowest BCUT2D eigenvalue weighted by molar-refractivity contribution is -0.141. The van der Waals surface area contributed by atoms with Gasteiger partial charge in [0, 0.05) is 18.3 Å². The Hall–Kier alpha value is -2.46. The SMILES string of the molecule is COC1C=CC(c2cc(C(F)(F)F)nn2-c2ccc(S(C)(=N)=O)cc2)=CC1F. The molecule has 3 rings (SSSR count). The van der Waals surface area contributed by atoms with Crippen LogP contribution in [0.3, 0.4) is 0 Å². The molecular weight excluding hydrogens is 398 g/mol. The molecule has 3 atom stereocenters. The summed E-state index contributed by atoms with van der Waals surface area (Å²) in [4.78, 5) is 0.240. The van der Waals surface area contributed by atoms with Crippen molar-refractivity contribution in [3.8, 4) is 5.69 Å². The molecule has 0 fully saturated rings. The first-order valence-electron chi connectivity index (χ1n) is 8.09. The highest BCUT2D eigenvalue weighted by molar-refractivity contribution is 7.91. The topological polar surface area (TPSA) is 68.0 Å². The molecule has 2 aromatic rings. The van der Waals surface area contributed by atoms with Gasteiger partial charge in [0.15, 0.2) is 5.69 Å². The fourth-order valence-corrected chi connectivity index (χ4v) is 3.43. The average molecular weight is 415 g/mol. The van der Waals surface area contributed by atoms with Crippen molar-refractivity contribution < 1.29 is 26.5 Å². The zero-order chi connectivity index (χ0) is 20.7. The number of hydrogen-bond donors (Lipinski definition) is 1. The summed E-state index contributed by atoms with van der Waals surface area (Å²) in [6.45, 7) is 0. The number of halogens is 4. The first kappa shape index (κ1) is 20.3. The lowest BCUT2D eigenvalue weighted by Crippen LogP contribution is -2.22. The first-order chi connectivity index (χ1) is 13.0. The Labute approximate surface area is 159 Å². The number of nitrogens with one attached hydrogen (secondary N) is 1. The predicted molar refractivity (Wildman–Crippen MR) is 96.4 cm³/mol. The van der Waals surface area contributed by atoms with Gasteiger partial charge in [-0.3, -0.25) is 0 Å². The minimum Gasteiger partial charge on any atom is -0.374 e. The summed E-state index contributed by atoms with van der Waals surface area (Å²) in [6.07, 6.45) is -1.67. The fraction of sp³-hybridized carbons (Fsp3) is 0.278. The second-order valence-electron chi connectivity index (χ2n) is 6.29. The van der Waals surface area contributed by atoms with E-state index in [4.69, 9.17) is 9.52 Å². The molecule has 3 unspecified atom stereocenters. The van der Waals surface area contributed by atoms with Gasteiger partial charge in [0.2, 0.25) is 0 Å². The third-order valence-corrected chi connectivity index (χ3v) is 5.39. The summed E-state index contributed by atoms with van der Waals surface area (Å²) in [6, 6.07) is 6.47. The number of methoxy groups -OCH3 is 1. The van der Waals surface area contributed by atoms with Crippen LogP contribution >= 0.6 is 0 Å². The van der Waals surface area contributed by atoms with E-state index in [1.807, 2.05) is 0 Å². The number of ether oxygens (including phenoxy) is 1. The van der Waals surface area contributed by atoms with Gasteiger partial charge in [-0.2, -0.15) is 18.3 Å². The van der Waals surface area contributed by atoms with E-state index in [-0.39, 0.29) is 21.8 Å². The molecule has 0 amide bonds. The summed E-state index contributed by atoms with van der Waals surface area (Å²) >= 11 is 0. The maximum Gasteiger partial charge on any atom is 0.435 e. The molecule has 0 aliphatic heterocycles. The number of hydrogen-bond acceptors (Lipinski definition) is 4. The predicted octanol–water partition coefficient (Wildman–Crippen LogP) is 4.23. The zero-order valence-electron chi connectivity index (χ0n) is 14.9. The van der Waals surface area contributed by atoms with Crippen LogP contribution in [0.4, 0.5) is 17.6 Å². The molecule has 0 radical (unpaired) electrons. The number of allylic oxidation sites excluding steroid dienone is 2. The van der Waals surface area contributed by atoms with E-state index < -0.39 is 33.9 Å². The second-order valence-corrected chi connectivity index (χ2v) is 8.45. The van der Waals surface area contributed by atoms with Crippen LogP contribution < -0.4 is 0 Å². The molecule has 1 heterocycles. The monoisotopic (exact) mass is 415 g/mol. The Kier molecular flexibility index (Phi) is 5.20. The summed E-state index contributed by atoms with van der Waals surface area (Å²) in [7, 11) is -1.62. The molecule has 1 aliphatic rings. The van der Waals surface area contributed by atoms with Gasteiger partial charge in [0.1, 0.15) is 12.3 Å². The highest BCUT2D eigenvalue weighted by atomic mass is 32.2. The van der Waals surface area contributed by atoms with Gasteiger partial charge in [-0.15, -0.1) is 0 Å². The van der Waals surface area contributed by atoms with Crippen molar-refractivity contribution in [3.05, 3.63) is 59.9 Å². The Bertz CT molecular complexity index is 1040. The van der Waals surface area contributed by atoms with Gasteiger partial charge in [-0.25, -0.2) is 18.1 Å². The summed E-state index contributed by atoms with van der Waals surface area (Å²) < 4.78 is 79.2. The van der Waals surface area contributed by atoms with E-state index in [9.17, 15) is 21.8 Å². The highest BCUT2D eigenvalue weighted by Gasteiger charge is 2.36. The average Bonchev–Trinajstić information content (AvgIpc) is 3.07. The number of nitrogens with zero attached hydrogens (tertiary/aromatic N) is 2. The van der Waals surface area contributed by atoms with Gasteiger partial charge >= 0.3 is 6.18 Å². The van der Waals surface area contributed by atoms with Gasteiger partial charge in [-0.1, -0.05) is 12.2 Å². The quantitative estimate of drug-likeness (QED) is 0.760. The van der Waals surface area contributed by atoms with Crippen molar-refractivity contribution >= 4 is 15.3 Å². The molecule has 0 saturated carbocycles. The number of rotatable bonds is 4. The molecule has 1 aromatic heterocycles. The van der Waals surface area contributed by atoms with Crippen molar-refractivity contribution in [2.45, 2.75) is 23.3 Å². The van der Waals surface area contributed by atoms with Crippen LogP contribution in [0.5, 0.6) is 0 Å². The number of aromatic nitrogens is 2. The number of benzene rings is 1. The summed E-state index contributed by atoms with van der Waals surface area (Å²) in [5.74, 6) is 0. The molecule has 28 heavy (non-hydrogen) atoms. The Morgan fingerprint density at radius 3 is 2.39 bits per heavy atom. The molecule has 10 heteroatoms. The largest absolute Gasteiger partial charge is 0.435 e. The van der Waals surface area contributed by atoms with Crippen molar-refractivity contribution in [2.24, 2.45) is 0 Å². The van der Waals surface area contributed by atoms with E-state index in [2.05, 4.69) is 5.10 Å². The van der Waals surface area contributed by atoms with Crippen molar-refractivity contribution in [2.75, 3.05) is 13.4 Å². The molecule has 150 valence electrons. The summed E-state index contributed by atoms with van der Waals surface area (Å²) in [5, 5.41) is 3.63. The minimum atomic E-state index is -4.68. The van der Waals surface area contributed by atoms with Gasteiger partial charge in [0.05, 0.1) is 21.1 Å². The molecule has 0 saturated heterocycles. The zero-order valence-corrected chi connectivity index (χ0v) is 15.7. The first-order valence-corrected chi connectivity index (χ1v) is 10.1. The Morgan fingerprint density at radius 1 is 1.25 bits per heavy atom. The molecule has 1 aromatic carbocycles. The van der Waals surface area contributed by atoms with Crippen molar-refractivity contribution in [3.63, 3.8) is 0 Å². The number of alkyl halides is 4. The van der Waals surface area contributed by atoms with Crippen molar-refractivity contribution in [1.29, 1.82) is 4.78 Å². The molecule has 1 aliphatic carbocycles. The molecule has 5 nitrogen and oxygen atoms in total. The molecule has 1 N–H and O–H groups in total. The van der Waals surface area contributed by atoms with Gasteiger partial charge in [0.25, 0.3) is 0 Å². The lowest BCUT2D eigenvalue weighted by Gasteiger charge is -2.19. The third kappa shape index (κ3) is 4.02. The van der Waals surface area contributed by atoms with Crippen molar-refractivity contribution in [1.82, 2.24) is 9.78 Å². The smallest absolute Gasteiger partial charge is 0.374 e. The van der Waals surface area contributed by atoms with E-state index in [1.54, 1.807) is 0 Å².